The first kappa shape index (κ1) is 10.1. The van der Waals surface area contributed by atoms with E-state index in [0.717, 1.165) is 30.6 Å². The molecule has 0 saturated heterocycles. The quantitative estimate of drug-likeness (QED) is 0.648. The molecule has 86 valence electrons. The van der Waals surface area contributed by atoms with Crippen LogP contribution in [0.3, 0.4) is 0 Å². The number of aliphatic hydroxyl groups excluding tert-OH is 1. The monoisotopic (exact) mass is 208 g/mol. The van der Waals surface area contributed by atoms with Crippen LogP contribution in [-0.2, 0) is 0 Å². The summed E-state index contributed by atoms with van der Waals surface area (Å²) in [5.74, 6) is 2.78. The third-order valence-corrected chi connectivity index (χ3v) is 6.10. The van der Waals surface area contributed by atoms with Crippen LogP contribution in [0.4, 0.5) is 0 Å². The zero-order chi connectivity index (χ0) is 10.8. The minimum absolute atomic E-state index is 0.00138. The molecule has 1 N–H and O–H groups in total. The molecule has 0 amide bonds. The van der Waals surface area contributed by atoms with Crippen LogP contribution in [0.5, 0.6) is 0 Å². The molecule has 0 bridgehead atoms. The van der Waals surface area contributed by atoms with E-state index in [9.17, 15) is 5.11 Å². The Hall–Kier alpha value is -0.0400. The van der Waals surface area contributed by atoms with Crippen molar-refractivity contribution >= 4 is 0 Å². The van der Waals surface area contributed by atoms with E-state index in [1.165, 1.54) is 19.3 Å². The summed E-state index contributed by atoms with van der Waals surface area (Å²) in [6, 6.07) is 0. The molecule has 5 atom stereocenters. The fourth-order valence-electron chi connectivity index (χ4n) is 4.62. The molecule has 0 spiro atoms. The maximum absolute atomic E-state index is 9.79. The molecular weight excluding hydrogens is 184 g/mol. The van der Waals surface area contributed by atoms with Gasteiger partial charge in [-0.2, -0.15) is 0 Å². The van der Waals surface area contributed by atoms with Gasteiger partial charge in [0.05, 0.1) is 6.10 Å². The highest BCUT2D eigenvalue weighted by Gasteiger charge is 2.64. The fraction of sp³-hybridized carbons (Fsp3) is 1.00. The van der Waals surface area contributed by atoms with Crippen LogP contribution in [0.15, 0.2) is 0 Å². The molecule has 3 saturated carbocycles. The Bertz CT molecular complexity index is 283. The average molecular weight is 208 g/mol. The molecule has 0 aromatic carbocycles. The molecular formula is C14H24O. The topological polar surface area (TPSA) is 20.2 Å². The molecule has 3 rings (SSSR count). The van der Waals surface area contributed by atoms with Gasteiger partial charge in [-0.25, -0.2) is 0 Å². The van der Waals surface area contributed by atoms with Crippen molar-refractivity contribution in [1.82, 2.24) is 0 Å². The highest BCUT2D eigenvalue weighted by molar-refractivity contribution is 5.12. The van der Waals surface area contributed by atoms with Crippen molar-refractivity contribution in [2.75, 3.05) is 0 Å². The lowest BCUT2D eigenvalue weighted by atomic mass is 9.60. The van der Waals surface area contributed by atoms with E-state index >= 15 is 0 Å². The molecule has 0 unspecified atom stereocenters. The van der Waals surface area contributed by atoms with Gasteiger partial charge >= 0.3 is 0 Å². The van der Waals surface area contributed by atoms with Crippen molar-refractivity contribution in [3.63, 3.8) is 0 Å². The molecule has 1 nitrogen and oxygen atoms in total. The van der Waals surface area contributed by atoms with Gasteiger partial charge in [-0.05, 0) is 60.7 Å². The summed E-state index contributed by atoms with van der Waals surface area (Å²) in [6.45, 7) is 7.37. The summed E-state index contributed by atoms with van der Waals surface area (Å²) in [4.78, 5) is 0. The standard InChI is InChI=1S/C14H24O/c1-13(2)11-7-9-6-10(15)4-5-14(9,3)8-12(11)13/h9-12,15H,4-8H2,1-3H3/t9-,10-,11-,12+,14+/m1/s1. The first-order valence-corrected chi connectivity index (χ1v) is 6.61. The van der Waals surface area contributed by atoms with E-state index in [4.69, 9.17) is 0 Å². The highest BCUT2D eigenvalue weighted by atomic mass is 16.3. The Morgan fingerprint density at radius 1 is 1.07 bits per heavy atom. The lowest BCUT2D eigenvalue weighted by Gasteiger charge is -2.46. The minimum Gasteiger partial charge on any atom is -0.393 e. The molecule has 0 radical (unpaired) electrons. The maximum Gasteiger partial charge on any atom is 0.0543 e. The Morgan fingerprint density at radius 2 is 1.80 bits per heavy atom. The van der Waals surface area contributed by atoms with Crippen LogP contribution < -0.4 is 0 Å². The van der Waals surface area contributed by atoms with Crippen LogP contribution in [-0.4, -0.2) is 11.2 Å². The lowest BCUT2D eigenvalue weighted by Crippen LogP contribution is -2.39. The van der Waals surface area contributed by atoms with Gasteiger partial charge in [-0.3, -0.25) is 0 Å². The van der Waals surface area contributed by atoms with Gasteiger partial charge in [0.2, 0.25) is 0 Å². The predicted molar refractivity (Wildman–Crippen MR) is 61.4 cm³/mol. The summed E-state index contributed by atoms with van der Waals surface area (Å²) in [6.07, 6.45) is 6.22. The van der Waals surface area contributed by atoms with E-state index in [0.29, 0.717) is 10.8 Å². The third kappa shape index (κ3) is 1.32. The molecule has 0 heterocycles. The molecule has 1 heteroatoms. The highest BCUT2D eigenvalue weighted by Crippen LogP contribution is 2.71. The van der Waals surface area contributed by atoms with Crippen LogP contribution in [0.25, 0.3) is 0 Å². The van der Waals surface area contributed by atoms with Crippen LogP contribution >= 0.6 is 0 Å². The van der Waals surface area contributed by atoms with E-state index in [2.05, 4.69) is 20.8 Å². The second-order valence-electron chi connectivity index (χ2n) is 7.25. The second kappa shape index (κ2) is 2.80. The SMILES string of the molecule is CC1(C)[C@@H]2C[C@H]3C[C@H](O)CC[C@@]3(C)C[C@@H]21. The largest absolute Gasteiger partial charge is 0.393 e. The summed E-state index contributed by atoms with van der Waals surface area (Å²) in [7, 11) is 0. The number of fused-ring (bicyclic) bond motifs is 2. The summed E-state index contributed by atoms with van der Waals surface area (Å²) >= 11 is 0. The van der Waals surface area contributed by atoms with Crippen LogP contribution in [0.2, 0.25) is 0 Å². The predicted octanol–water partition coefficient (Wildman–Crippen LogP) is 3.22. The van der Waals surface area contributed by atoms with Gasteiger partial charge in [-0.15, -0.1) is 0 Å². The molecule has 3 fully saturated rings. The molecule has 0 aromatic rings. The molecule has 0 aromatic heterocycles. The number of rotatable bonds is 0. The minimum atomic E-state index is 0.00138. The number of hydrogen-bond donors (Lipinski definition) is 1. The lowest BCUT2D eigenvalue weighted by molar-refractivity contribution is -0.0106. The van der Waals surface area contributed by atoms with Crippen LogP contribution in [0, 0.1) is 28.6 Å². The Balaban J connectivity index is 1.81. The van der Waals surface area contributed by atoms with E-state index < -0.39 is 0 Å². The summed E-state index contributed by atoms with van der Waals surface area (Å²) < 4.78 is 0. The van der Waals surface area contributed by atoms with Crippen LogP contribution in [0.1, 0.15) is 52.9 Å². The van der Waals surface area contributed by atoms with Gasteiger partial charge in [-0.1, -0.05) is 20.8 Å². The van der Waals surface area contributed by atoms with Gasteiger partial charge in [0.1, 0.15) is 0 Å². The molecule has 0 aliphatic heterocycles. The Morgan fingerprint density at radius 3 is 2.53 bits per heavy atom. The number of hydrogen-bond acceptors (Lipinski definition) is 1. The van der Waals surface area contributed by atoms with Crippen molar-refractivity contribution in [1.29, 1.82) is 0 Å². The third-order valence-electron chi connectivity index (χ3n) is 6.10. The van der Waals surface area contributed by atoms with Crippen molar-refractivity contribution < 1.29 is 5.11 Å². The fourth-order valence-corrected chi connectivity index (χ4v) is 4.62. The first-order valence-electron chi connectivity index (χ1n) is 6.61. The molecule has 3 aliphatic rings. The molecule has 15 heavy (non-hydrogen) atoms. The summed E-state index contributed by atoms with van der Waals surface area (Å²) in [5, 5.41) is 9.79. The Labute approximate surface area is 93.3 Å². The smallest absolute Gasteiger partial charge is 0.0543 e. The van der Waals surface area contributed by atoms with Crippen molar-refractivity contribution in [3.05, 3.63) is 0 Å². The van der Waals surface area contributed by atoms with Gasteiger partial charge in [0.25, 0.3) is 0 Å². The average Bonchev–Trinajstić information content (AvgIpc) is 2.66. The first-order chi connectivity index (χ1) is 6.93. The van der Waals surface area contributed by atoms with Gasteiger partial charge in [0.15, 0.2) is 0 Å². The zero-order valence-electron chi connectivity index (χ0n) is 10.3. The second-order valence-corrected chi connectivity index (χ2v) is 7.25. The normalized spacial score (nSPS) is 56.8. The maximum atomic E-state index is 9.79. The van der Waals surface area contributed by atoms with E-state index in [1.807, 2.05) is 0 Å². The van der Waals surface area contributed by atoms with E-state index in [-0.39, 0.29) is 6.10 Å². The van der Waals surface area contributed by atoms with Crippen molar-refractivity contribution in [2.45, 2.75) is 59.0 Å². The van der Waals surface area contributed by atoms with Gasteiger partial charge < -0.3 is 5.11 Å². The van der Waals surface area contributed by atoms with E-state index in [1.54, 1.807) is 0 Å². The van der Waals surface area contributed by atoms with Crippen molar-refractivity contribution in [3.8, 4) is 0 Å². The number of aliphatic hydroxyl groups is 1. The zero-order valence-corrected chi connectivity index (χ0v) is 10.3. The van der Waals surface area contributed by atoms with Crippen molar-refractivity contribution in [2.24, 2.45) is 28.6 Å². The molecule has 3 aliphatic carbocycles. The summed E-state index contributed by atoms with van der Waals surface area (Å²) in [5.41, 5.74) is 1.18. The Kier molecular flexibility index (Phi) is 1.89. The van der Waals surface area contributed by atoms with Gasteiger partial charge in [0, 0.05) is 0 Å².